The van der Waals surface area contributed by atoms with E-state index in [0.29, 0.717) is 23.8 Å². The van der Waals surface area contributed by atoms with E-state index in [2.05, 4.69) is 40.0 Å². The number of nitrogens with one attached hydrogen (secondary N) is 1. The fourth-order valence-electron chi connectivity index (χ4n) is 3.05. The van der Waals surface area contributed by atoms with Gasteiger partial charge in [0.2, 0.25) is 5.91 Å². The summed E-state index contributed by atoms with van der Waals surface area (Å²) in [6, 6.07) is 13.2. The number of hydrogen-bond donors (Lipinski definition) is 1. The zero-order valence-corrected chi connectivity index (χ0v) is 19.6. The number of carbonyl (C=O) groups is 1. The van der Waals surface area contributed by atoms with Crippen LogP contribution in [0, 0.1) is 0 Å². The Morgan fingerprint density at radius 1 is 1.03 bits per heavy atom. The molecule has 5 nitrogen and oxygen atoms in total. The minimum atomic E-state index is -0.203. The van der Waals surface area contributed by atoms with Gasteiger partial charge in [0.1, 0.15) is 6.61 Å². The summed E-state index contributed by atoms with van der Waals surface area (Å²) in [5, 5.41) is 2.87. The predicted molar refractivity (Wildman–Crippen MR) is 127 cm³/mol. The van der Waals surface area contributed by atoms with Crippen molar-refractivity contribution in [2.75, 3.05) is 38.7 Å². The van der Waals surface area contributed by atoms with Crippen LogP contribution in [0.1, 0.15) is 32.3 Å². The first kappa shape index (κ1) is 24.0. The second-order valence-electron chi connectivity index (χ2n) is 6.93. The number of hydrogen-bond acceptors (Lipinski definition) is 4. The number of carbonyl (C=O) groups excluding carboxylic acids is 1. The predicted octanol–water partition coefficient (Wildman–Crippen LogP) is 5.61. The zero-order valence-electron chi connectivity index (χ0n) is 18.0. The van der Waals surface area contributed by atoms with E-state index in [0.717, 1.165) is 42.5 Å². The quantitative estimate of drug-likeness (QED) is 0.406. The molecule has 162 valence electrons. The van der Waals surface area contributed by atoms with Crippen molar-refractivity contribution in [1.29, 1.82) is 0 Å². The number of halogens is 1. The molecule has 0 aliphatic carbocycles. The van der Waals surface area contributed by atoms with Gasteiger partial charge in [-0.05, 0) is 61.8 Å². The molecule has 0 fully saturated rings. The Kier molecular flexibility index (Phi) is 10.5. The molecule has 0 radical (unpaired) electrons. The van der Waals surface area contributed by atoms with E-state index in [1.807, 2.05) is 24.3 Å². The van der Waals surface area contributed by atoms with Crippen LogP contribution >= 0.6 is 15.9 Å². The van der Waals surface area contributed by atoms with Crippen molar-refractivity contribution >= 4 is 33.6 Å². The molecule has 2 aromatic carbocycles. The molecular formula is C24H31BrN2O3. The first-order chi connectivity index (χ1) is 14.5. The van der Waals surface area contributed by atoms with E-state index >= 15 is 0 Å². The molecule has 1 N–H and O–H groups in total. The second-order valence-corrected chi connectivity index (χ2v) is 7.85. The van der Waals surface area contributed by atoms with Crippen LogP contribution in [0.15, 0.2) is 53.0 Å². The summed E-state index contributed by atoms with van der Waals surface area (Å²) < 4.78 is 12.4. The average Bonchev–Trinajstić information content (AvgIpc) is 2.74. The Morgan fingerprint density at radius 2 is 1.73 bits per heavy atom. The van der Waals surface area contributed by atoms with Crippen molar-refractivity contribution in [3.05, 3.63) is 58.6 Å². The molecule has 6 heteroatoms. The molecule has 0 atom stereocenters. The summed E-state index contributed by atoms with van der Waals surface area (Å²) >= 11 is 3.40. The van der Waals surface area contributed by atoms with Gasteiger partial charge in [-0.25, -0.2) is 0 Å². The highest BCUT2D eigenvalue weighted by Gasteiger charge is 2.09. The van der Waals surface area contributed by atoms with Crippen LogP contribution in [0.5, 0.6) is 11.5 Å². The topological polar surface area (TPSA) is 50.8 Å². The van der Waals surface area contributed by atoms with Gasteiger partial charge in [0.15, 0.2) is 11.5 Å². The van der Waals surface area contributed by atoms with Gasteiger partial charge in [0.05, 0.1) is 7.11 Å². The molecular weight excluding hydrogens is 444 g/mol. The molecule has 0 heterocycles. The highest BCUT2D eigenvalue weighted by molar-refractivity contribution is 9.10. The van der Waals surface area contributed by atoms with Crippen molar-refractivity contribution < 1.29 is 14.3 Å². The van der Waals surface area contributed by atoms with Gasteiger partial charge in [-0.15, -0.1) is 0 Å². The largest absolute Gasteiger partial charge is 0.493 e. The molecule has 30 heavy (non-hydrogen) atoms. The normalized spacial score (nSPS) is 11.1. The Morgan fingerprint density at radius 3 is 2.37 bits per heavy atom. The van der Waals surface area contributed by atoms with Gasteiger partial charge in [0, 0.05) is 28.8 Å². The third-order valence-electron chi connectivity index (χ3n) is 4.47. The summed E-state index contributed by atoms with van der Waals surface area (Å²) in [4.78, 5) is 14.7. The highest BCUT2D eigenvalue weighted by atomic mass is 79.9. The molecule has 2 aromatic rings. The zero-order chi connectivity index (χ0) is 21.8. The number of rotatable bonds is 12. The lowest BCUT2D eigenvalue weighted by Gasteiger charge is -2.21. The Labute approximate surface area is 188 Å². The van der Waals surface area contributed by atoms with E-state index < -0.39 is 0 Å². The van der Waals surface area contributed by atoms with E-state index in [4.69, 9.17) is 9.47 Å². The maximum Gasteiger partial charge on any atom is 0.248 e. The number of ether oxygens (including phenoxy) is 2. The Balaban J connectivity index is 1.97. The van der Waals surface area contributed by atoms with Gasteiger partial charge in [-0.2, -0.15) is 0 Å². The molecule has 0 bridgehead atoms. The first-order valence-corrected chi connectivity index (χ1v) is 11.1. The molecule has 0 saturated carbocycles. The third-order valence-corrected chi connectivity index (χ3v) is 5.00. The van der Waals surface area contributed by atoms with Gasteiger partial charge >= 0.3 is 0 Å². The minimum Gasteiger partial charge on any atom is -0.493 e. The maximum atomic E-state index is 12.3. The minimum absolute atomic E-state index is 0.203. The molecule has 0 saturated heterocycles. The number of benzene rings is 2. The van der Waals surface area contributed by atoms with Gasteiger partial charge in [-0.1, -0.05) is 41.9 Å². The monoisotopic (exact) mass is 474 g/mol. The van der Waals surface area contributed by atoms with Crippen molar-refractivity contribution in [2.24, 2.45) is 0 Å². The van der Waals surface area contributed by atoms with Gasteiger partial charge < -0.3 is 14.8 Å². The van der Waals surface area contributed by atoms with Crippen molar-refractivity contribution in [3.8, 4) is 11.5 Å². The number of methoxy groups -OCH3 is 1. The number of anilines is 1. The first-order valence-electron chi connectivity index (χ1n) is 10.3. The summed E-state index contributed by atoms with van der Waals surface area (Å²) in [5.74, 6) is 1.07. The molecule has 0 spiro atoms. The van der Waals surface area contributed by atoms with Crippen LogP contribution in [-0.2, 0) is 4.79 Å². The second kappa shape index (κ2) is 13.1. The summed E-state index contributed by atoms with van der Waals surface area (Å²) in [6.07, 6.45) is 5.54. The molecule has 2 rings (SSSR count). The smallest absolute Gasteiger partial charge is 0.248 e. The van der Waals surface area contributed by atoms with Gasteiger partial charge in [0.25, 0.3) is 0 Å². The lowest BCUT2D eigenvalue weighted by molar-refractivity contribution is -0.111. The van der Waals surface area contributed by atoms with Gasteiger partial charge in [-0.3, -0.25) is 9.69 Å². The molecule has 0 aromatic heterocycles. The fourth-order valence-corrected chi connectivity index (χ4v) is 3.31. The summed E-state index contributed by atoms with van der Waals surface area (Å²) in [5.41, 5.74) is 1.62. The fraction of sp³-hybridized carbons (Fsp3) is 0.375. The Hall–Kier alpha value is -2.31. The van der Waals surface area contributed by atoms with E-state index in [1.165, 1.54) is 6.08 Å². The van der Waals surface area contributed by atoms with Crippen LogP contribution in [-0.4, -0.2) is 44.2 Å². The van der Waals surface area contributed by atoms with Crippen LogP contribution < -0.4 is 14.8 Å². The molecule has 0 aliphatic heterocycles. The van der Waals surface area contributed by atoms with E-state index in [1.54, 1.807) is 31.4 Å². The van der Waals surface area contributed by atoms with Crippen molar-refractivity contribution in [1.82, 2.24) is 4.90 Å². The van der Waals surface area contributed by atoms with Crippen LogP contribution in [0.3, 0.4) is 0 Å². The molecule has 1 amide bonds. The SMILES string of the molecule is CCCN(CCC)CCOc1cc(NC(=O)C=Cc2ccc(Br)cc2)ccc1OC. The molecule has 0 aliphatic rings. The van der Waals surface area contributed by atoms with Crippen LogP contribution in [0.4, 0.5) is 5.69 Å². The standard InChI is InChI=1S/C24H31BrN2O3/c1-4-14-27(15-5-2)16-17-30-23-18-21(11-12-22(23)29-3)26-24(28)13-8-19-6-9-20(25)10-7-19/h6-13,18H,4-5,14-17H2,1-3H3,(H,26,28). The lowest BCUT2D eigenvalue weighted by atomic mass is 10.2. The van der Waals surface area contributed by atoms with Crippen molar-refractivity contribution in [3.63, 3.8) is 0 Å². The summed E-state index contributed by atoms with van der Waals surface area (Å²) in [7, 11) is 1.61. The maximum absolute atomic E-state index is 12.3. The van der Waals surface area contributed by atoms with E-state index in [-0.39, 0.29) is 5.91 Å². The summed E-state index contributed by atoms with van der Waals surface area (Å²) in [6.45, 7) is 7.92. The number of nitrogens with zero attached hydrogens (tertiary/aromatic N) is 1. The average molecular weight is 475 g/mol. The van der Waals surface area contributed by atoms with E-state index in [9.17, 15) is 4.79 Å². The lowest BCUT2D eigenvalue weighted by Crippen LogP contribution is -2.30. The third kappa shape index (κ3) is 8.20. The molecule has 0 unspecified atom stereocenters. The van der Waals surface area contributed by atoms with Crippen LogP contribution in [0.2, 0.25) is 0 Å². The highest BCUT2D eigenvalue weighted by Crippen LogP contribution is 2.30. The van der Waals surface area contributed by atoms with Crippen LogP contribution in [0.25, 0.3) is 6.08 Å². The number of amides is 1. The van der Waals surface area contributed by atoms with Crippen molar-refractivity contribution in [2.45, 2.75) is 26.7 Å². The Bertz CT molecular complexity index is 816.